The molecule has 6 heteroatoms. The Morgan fingerprint density at radius 2 is 1.74 bits per heavy atom. The predicted molar refractivity (Wildman–Crippen MR) is 102 cm³/mol. The first-order chi connectivity index (χ1) is 13.2. The molecule has 0 spiro atoms. The summed E-state index contributed by atoms with van der Waals surface area (Å²) in [6, 6.07) is 4.21. The quantitative estimate of drug-likeness (QED) is 0.812. The summed E-state index contributed by atoms with van der Waals surface area (Å²) in [5.74, 6) is 2.19. The Kier molecular flexibility index (Phi) is 5.83. The van der Waals surface area contributed by atoms with Crippen LogP contribution in [0.15, 0.2) is 12.1 Å². The van der Waals surface area contributed by atoms with Gasteiger partial charge in [-0.15, -0.1) is 0 Å². The Balaban J connectivity index is 1.36. The molecule has 0 unspecified atom stereocenters. The molecule has 0 atom stereocenters. The van der Waals surface area contributed by atoms with Crippen LogP contribution in [0.2, 0.25) is 0 Å². The van der Waals surface area contributed by atoms with Crippen LogP contribution < -0.4 is 9.47 Å². The van der Waals surface area contributed by atoms with Crippen LogP contribution in [0.5, 0.6) is 11.5 Å². The number of benzene rings is 1. The summed E-state index contributed by atoms with van der Waals surface area (Å²) in [5.41, 5.74) is 2.52. The van der Waals surface area contributed by atoms with Crippen LogP contribution in [-0.2, 0) is 16.1 Å². The maximum Gasteiger partial charge on any atom is 0.225 e. The second kappa shape index (κ2) is 8.48. The van der Waals surface area contributed by atoms with Crippen molar-refractivity contribution in [3.8, 4) is 11.5 Å². The van der Waals surface area contributed by atoms with Gasteiger partial charge < -0.3 is 19.1 Å². The van der Waals surface area contributed by atoms with E-state index in [0.29, 0.717) is 19.1 Å². The molecule has 1 aromatic carbocycles. The first kappa shape index (κ1) is 18.6. The standard InChI is InChI=1S/C21H30N2O4/c1-16-13-19-20(27-12-11-26-19)14-18(16)15-22-5-2-6-23(8-7-22)21(24)17-3-9-25-10-4-17/h13-14,17H,2-12,15H2,1H3. The van der Waals surface area contributed by atoms with Crippen molar-refractivity contribution < 1.29 is 19.0 Å². The van der Waals surface area contributed by atoms with Gasteiger partial charge in [0.1, 0.15) is 13.2 Å². The van der Waals surface area contributed by atoms with E-state index in [2.05, 4.69) is 28.9 Å². The highest BCUT2D eigenvalue weighted by Gasteiger charge is 2.28. The van der Waals surface area contributed by atoms with Crippen LogP contribution in [-0.4, -0.2) is 68.3 Å². The van der Waals surface area contributed by atoms with Gasteiger partial charge in [-0.1, -0.05) is 0 Å². The van der Waals surface area contributed by atoms with Gasteiger partial charge in [-0.05, 0) is 49.4 Å². The molecule has 6 nitrogen and oxygen atoms in total. The number of ether oxygens (including phenoxy) is 3. The fourth-order valence-electron chi connectivity index (χ4n) is 4.20. The van der Waals surface area contributed by atoms with E-state index in [1.807, 2.05) is 0 Å². The van der Waals surface area contributed by atoms with E-state index < -0.39 is 0 Å². The van der Waals surface area contributed by atoms with E-state index in [9.17, 15) is 4.79 Å². The molecule has 27 heavy (non-hydrogen) atoms. The lowest BCUT2D eigenvalue weighted by Crippen LogP contribution is -2.40. The molecular formula is C21H30N2O4. The molecule has 4 rings (SSSR count). The molecule has 3 aliphatic heterocycles. The van der Waals surface area contributed by atoms with Crippen molar-refractivity contribution in [2.45, 2.75) is 32.7 Å². The first-order valence-corrected chi connectivity index (χ1v) is 10.2. The summed E-state index contributed by atoms with van der Waals surface area (Å²) in [5, 5.41) is 0. The zero-order valence-corrected chi connectivity index (χ0v) is 16.2. The average molecular weight is 374 g/mol. The molecule has 0 bridgehead atoms. The third kappa shape index (κ3) is 4.38. The summed E-state index contributed by atoms with van der Waals surface area (Å²) in [4.78, 5) is 17.3. The van der Waals surface area contributed by atoms with E-state index in [4.69, 9.17) is 14.2 Å². The normalized spacial score (nSPS) is 21.7. The molecule has 0 aliphatic carbocycles. The fourth-order valence-corrected chi connectivity index (χ4v) is 4.20. The highest BCUT2D eigenvalue weighted by atomic mass is 16.6. The van der Waals surface area contributed by atoms with Crippen LogP contribution in [0.3, 0.4) is 0 Å². The molecular weight excluding hydrogens is 344 g/mol. The number of carbonyl (C=O) groups excluding carboxylic acids is 1. The van der Waals surface area contributed by atoms with E-state index >= 15 is 0 Å². The van der Waals surface area contributed by atoms with Gasteiger partial charge in [0.25, 0.3) is 0 Å². The molecule has 0 saturated carbocycles. The van der Waals surface area contributed by atoms with Gasteiger partial charge in [0.2, 0.25) is 5.91 Å². The van der Waals surface area contributed by atoms with E-state index in [1.165, 1.54) is 11.1 Å². The van der Waals surface area contributed by atoms with Crippen LogP contribution in [0, 0.1) is 12.8 Å². The zero-order valence-electron chi connectivity index (χ0n) is 16.2. The van der Waals surface area contributed by atoms with Crippen molar-refractivity contribution in [2.75, 3.05) is 52.6 Å². The average Bonchev–Trinajstić information content (AvgIpc) is 2.94. The monoisotopic (exact) mass is 374 g/mol. The number of aryl methyl sites for hydroxylation is 1. The summed E-state index contributed by atoms with van der Waals surface area (Å²) >= 11 is 0. The molecule has 2 saturated heterocycles. The molecule has 148 valence electrons. The van der Waals surface area contributed by atoms with Crippen molar-refractivity contribution in [3.63, 3.8) is 0 Å². The lowest BCUT2D eigenvalue weighted by atomic mass is 9.98. The summed E-state index contributed by atoms with van der Waals surface area (Å²) in [7, 11) is 0. The molecule has 3 aliphatic rings. The van der Waals surface area contributed by atoms with Crippen molar-refractivity contribution in [2.24, 2.45) is 5.92 Å². The summed E-state index contributed by atoms with van der Waals surface area (Å²) in [6.07, 6.45) is 2.77. The second-order valence-electron chi connectivity index (χ2n) is 7.76. The number of hydrogen-bond acceptors (Lipinski definition) is 5. The summed E-state index contributed by atoms with van der Waals surface area (Å²) in [6.45, 7) is 9.33. The first-order valence-electron chi connectivity index (χ1n) is 10.2. The van der Waals surface area contributed by atoms with E-state index in [-0.39, 0.29) is 5.92 Å². The lowest BCUT2D eigenvalue weighted by Gasteiger charge is -2.28. The highest BCUT2D eigenvalue weighted by Crippen LogP contribution is 2.33. The topological polar surface area (TPSA) is 51.2 Å². The predicted octanol–water partition coefficient (Wildman–Crippen LogP) is 2.23. The highest BCUT2D eigenvalue weighted by molar-refractivity contribution is 5.79. The van der Waals surface area contributed by atoms with Gasteiger partial charge in [0.05, 0.1) is 0 Å². The van der Waals surface area contributed by atoms with E-state index in [1.54, 1.807) is 0 Å². The second-order valence-corrected chi connectivity index (χ2v) is 7.76. The minimum Gasteiger partial charge on any atom is -0.486 e. The lowest BCUT2D eigenvalue weighted by molar-refractivity contribution is -0.138. The number of amides is 1. The number of nitrogens with zero attached hydrogens (tertiary/aromatic N) is 2. The van der Waals surface area contributed by atoms with Crippen LogP contribution >= 0.6 is 0 Å². The number of fused-ring (bicyclic) bond motifs is 1. The molecule has 0 N–H and O–H groups in total. The maximum absolute atomic E-state index is 12.8. The number of carbonyl (C=O) groups is 1. The molecule has 2 fully saturated rings. The third-order valence-electron chi connectivity index (χ3n) is 5.87. The SMILES string of the molecule is Cc1cc2c(cc1CN1CCCN(C(=O)C3CCOCC3)CC1)OCCO2. The Hall–Kier alpha value is -1.79. The zero-order chi connectivity index (χ0) is 18.6. The van der Waals surface area contributed by atoms with Gasteiger partial charge >= 0.3 is 0 Å². The molecule has 3 heterocycles. The van der Waals surface area contributed by atoms with Gasteiger partial charge in [0.15, 0.2) is 11.5 Å². The minimum atomic E-state index is 0.158. The Labute approximate surface area is 161 Å². The van der Waals surface area contributed by atoms with Gasteiger partial charge in [-0.2, -0.15) is 0 Å². The van der Waals surface area contributed by atoms with E-state index in [0.717, 1.165) is 76.7 Å². The molecule has 0 aromatic heterocycles. The number of rotatable bonds is 3. The van der Waals surface area contributed by atoms with Gasteiger partial charge in [-0.25, -0.2) is 0 Å². The van der Waals surface area contributed by atoms with Crippen LogP contribution in [0.25, 0.3) is 0 Å². The largest absolute Gasteiger partial charge is 0.486 e. The van der Waals surface area contributed by atoms with Crippen LogP contribution in [0.1, 0.15) is 30.4 Å². The van der Waals surface area contributed by atoms with Crippen molar-refractivity contribution in [1.82, 2.24) is 9.80 Å². The van der Waals surface area contributed by atoms with Crippen LogP contribution in [0.4, 0.5) is 0 Å². The smallest absolute Gasteiger partial charge is 0.225 e. The fraction of sp³-hybridized carbons (Fsp3) is 0.667. The summed E-state index contributed by atoms with van der Waals surface area (Å²) < 4.78 is 16.8. The Morgan fingerprint density at radius 1 is 1.00 bits per heavy atom. The Morgan fingerprint density at radius 3 is 2.52 bits per heavy atom. The third-order valence-corrected chi connectivity index (χ3v) is 5.87. The Bertz CT molecular complexity index is 672. The van der Waals surface area contributed by atoms with Crippen molar-refractivity contribution in [1.29, 1.82) is 0 Å². The van der Waals surface area contributed by atoms with Crippen molar-refractivity contribution in [3.05, 3.63) is 23.3 Å². The maximum atomic E-state index is 12.8. The minimum absolute atomic E-state index is 0.158. The molecule has 0 radical (unpaired) electrons. The molecule has 1 amide bonds. The van der Waals surface area contributed by atoms with Crippen molar-refractivity contribution >= 4 is 5.91 Å². The van der Waals surface area contributed by atoms with Gasteiger partial charge in [-0.3, -0.25) is 9.69 Å². The molecule has 1 aromatic rings. The van der Waals surface area contributed by atoms with Gasteiger partial charge in [0, 0.05) is 51.9 Å². The number of hydrogen-bond donors (Lipinski definition) is 0.